The van der Waals surface area contributed by atoms with Crippen molar-refractivity contribution >= 4 is 44.6 Å². The van der Waals surface area contributed by atoms with Crippen LogP contribution in [-0.4, -0.2) is 28.4 Å². The van der Waals surface area contributed by atoms with E-state index in [1.54, 1.807) is 42.6 Å². The lowest BCUT2D eigenvalue weighted by Gasteiger charge is -2.14. The second kappa shape index (κ2) is 11.3. The molecule has 0 saturated heterocycles. The van der Waals surface area contributed by atoms with E-state index < -0.39 is 11.7 Å². The summed E-state index contributed by atoms with van der Waals surface area (Å²) in [6.07, 6.45) is 2.39. The third-order valence-electron chi connectivity index (χ3n) is 5.57. The number of carbonyl (C=O) groups is 1. The maximum absolute atomic E-state index is 13.2. The molecule has 0 unspecified atom stereocenters. The van der Waals surface area contributed by atoms with Crippen LogP contribution in [0.1, 0.15) is 37.6 Å². The molecule has 0 aliphatic rings. The van der Waals surface area contributed by atoms with Gasteiger partial charge in [-0.15, -0.1) is 0 Å². The first-order valence-electron chi connectivity index (χ1n) is 11.4. The summed E-state index contributed by atoms with van der Waals surface area (Å²) in [5, 5.41) is 7.51. The van der Waals surface area contributed by atoms with Crippen LogP contribution in [0.4, 0.5) is 10.1 Å². The molecule has 1 heterocycles. The lowest BCUT2D eigenvalue weighted by molar-refractivity contribution is -0.118. The Morgan fingerprint density at radius 3 is 2.69 bits per heavy atom. The van der Waals surface area contributed by atoms with Crippen molar-refractivity contribution in [2.24, 2.45) is 5.10 Å². The number of hydrogen-bond donors (Lipinski definition) is 1. The molecule has 7 nitrogen and oxygen atoms in total. The normalized spacial score (nSPS) is 12.1. The van der Waals surface area contributed by atoms with E-state index >= 15 is 0 Å². The monoisotopic (exact) mass is 550 g/mol. The van der Waals surface area contributed by atoms with Gasteiger partial charge < -0.3 is 10.1 Å². The van der Waals surface area contributed by atoms with Gasteiger partial charge >= 0.3 is 0 Å². The Hall–Kier alpha value is -3.85. The molecule has 4 aromatic rings. The highest BCUT2D eigenvalue weighted by atomic mass is 79.9. The van der Waals surface area contributed by atoms with E-state index in [-0.39, 0.29) is 18.1 Å². The molecular weight excluding hydrogens is 527 g/mol. The fraction of sp³-hybridized carbons (Fsp3) is 0.185. The Kier molecular flexibility index (Phi) is 7.90. The summed E-state index contributed by atoms with van der Waals surface area (Å²) in [4.78, 5) is 30.0. The minimum Gasteiger partial charge on any atom is -0.484 e. The van der Waals surface area contributed by atoms with E-state index in [9.17, 15) is 14.0 Å². The lowest BCUT2D eigenvalue weighted by Crippen LogP contribution is -2.23. The zero-order valence-corrected chi connectivity index (χ0v) is 21.3. The van der Waals surface area contributed by atoms with Crippen LogP contribution >= 0.6 is 15.9 Å². The molecule has 0 aliphatic heterocycles. The number of aromatic nitrogens is 2. The summed E-state index contributed by atoms with van der Waals surface area (Å²) in [6.45, 7) is 3.82. The highest BCUT2D eigenvalue weighted by molar-refractivity contribution is 9.10. The molecule has 0 radical (unpaired) electrons. The maximum Gasteiger partial charge on any atom is 0.282 e. The van der Waals surface area contributed by atoms with Gasteiger partial charge in [0.2, 0.25) is 0 Å². The molecule has 3 aromatic carbocycles. The molecule has 0 spiro atoms. The van der Waals surface area contributed by atoms with Crippen molar-refractivity contribution in [1.29, 1.82) is 0 Å². The predicted octanol–water partition coefficient (Wildman–Crippen LogP) is 5.71. The number of nitrogens with one attached hydrogen (secondary N) is 1. The summed E-state index contributed by atoms with van der Waals surface area (Å²) in [5.74, 6) is 0.279. The van der Waals surface area contributed by atoms with Crippen molar-refractivity contribution in [3.05, 3.63) is 98.8 Å². The largest absolute Gasteiger partial charge is 0.484 e. The zero-order valence-electron chi connectivity index (χ0n) is 19.7. The fourth-order valence-corrected chi connectivity index (χ4v) is 3.83. The molecule has 36 heavy (non-hydrogen) atoms. The first kappa shape index (κ1) is 25.2. The summed E-state index contributed by atoms with van der Waals surface area (Å²) in [7, 11) is 0. The first-order chi connectivity index (χ1) is 17.3. The number of halogens is 2. The highest BCUT2D eigenvalue weighted by Crippen LogP contribution is 2.21. The molecule has 184 valence electrons. The van der Waals surface area contributed by atoms with Crippen LogP contribution in [-0.2, 0) is 4.79 Å². The van der Waals surface area contributed by atoms with E-state index in [1.165, 1.54) is 22.9 Å². The number of carbonyl (C=O) groups excluding carboxylic acids is 1. The van der Waals surface area contributed by atoms with Crippen LogP contribution in [0.15, 0.2) is 81.1 Å². The standard InChI is InChI=1S/C27H24BrFN4O3/c1-3-17(2)26-32-24-12-9-19(28)13-23(24)27(35)33(26)30-15-18-7-10-22(11-8-18)36-16-25(34)31-21-6-4-5-20(29)14-21/h4-15,17H,3,16H2,1-2H3,(H,31,34)/t17-/m0/s1. The van der Waals surface area contributed by atoms with Crippen LogP contribution in [0, 0.1) is 5.82 Å². The number of nitrogens with zero attached hydrogens (tertiary/aromatic N) is 3. The molecule has 0 aliphatic carbocycles. The summed E-state index contributed by atoms with van der Waals surface area (Å²) in [6, 6.07) is 18.0. The first-order valence-corrected chi connectivity index (χ1v) is 12.2. The van der Waals surface area contributed by atoms with E-state index in [0.29, 0.717) is 28.2 Å². The number of ether oxygens (including phenoxy) is 1. The minimum atomic E-state index is -0.433. The third kappa shape index (κ3) is 6.04. The van der Waals surface area contributed by atoms with Gasteiger partial charge in [-0.2, -0.15) is 9.78 Å². The number of anilines is 1. The summed E-state index contributed by atoms with van der Waals surface area (Å²) < 4.78 is 20.9. The summed E-state index contributed by atoms with van der Waals surface area (Å²) in [5.41, 5.74) is 1.49. The Bertz CT molecular complexity index is 1490. The number of amides is 1. The zero-order chi connectivity index (χ0) is 25.7. The predicted molar refractivity (Wildman–Crippen MR) is 142 cm³/mol. The maximum atomic E-state index is 13.2. The van der Waals surface area contributed by atoms with Gasteiger partial charge in [0.05, 0.1) is 17.1 Å². The van der Waals surface area contributed by atoms with Crippen molar-refractivity contribution < 1.29 is 13.9 Å². The highest BCUT2D eigenvalue weighted by Gasteiger charge is 2.15. The van der Waals surface area contributed by atoms with Crippen molar-refractivity contribution in [3.8, 4) is 5.75 Å². The lowest BCUT2D eigenvalue weighted by atomic mass is 10.1. The van der Waals surface area contributed by atoms with Crippen LogP contribution in [0.5, 0.6) is 5.75 Å². The topological polar surface area (TPSA) is 85.6 Å². The van der Waals surface area contributed by atoms with Gasteiger partial charge in [-0.05, 0) is 72.6 Å². The molecule has 0 fully saturated rings. The van der Waals surface area contributed by atoms with Crippen molar-refractivity contribution in [3.63, 3.8) is 0 Å². The molecule has 9 heteroatoms. The van der Waals surface area contributed by atoms with E-state index in [4.69, 9.17) is 9.72 Å². The second-order valence-corrected chi connectivity index (χ2v) is 9.13. The fourth-order valence-electron chi connectivity index (χ4n) is 3.47. The van der Waals surface area contributed by atoms with E-state index in [1.807, 2.05) is 26.0 Å². The van der Waals surface area contributed by atoms with Crippen molar-refractivity contribution in [2.45, 2.75) is 26.2 Å². The number of rotatable bonds is 8. The van der Waals surface area contributed by atoms with Gasteiger partial charge in [0, 0.05) is 16.1 Å². The van der Waals surface area contributed by atoms with Crippen LogP contribution in [0.2, 0.25) is 0 Å². The van der Waals surface area contributed by atoms with Gasteiger partial charge in [0.15, 0.2) is 6.61 Å². The van der Waals surface area contributed by atoms with E-state index in [0.717, 1.165) is 16.5 Å². The second-order valence-electron chi connectivity index (χ2n) is 8.22. The molecule has 0 saturated carbocycles. The molecule has 1 atom stereocenters. The number of hydrogen-bond acceptors (Lipinski definition) is 5. The smallest absolute Gasteiger partial charge is 0.282 e. The molecule has 1 N–H and O–H groups in total. The van der Waals surface area contributed by atoms with Gasteiger partial charge in [-0.3, -0.25) is 9.59 Å². The molecular formula is C27H24BrFN4O3. The van der Waals surface area contributed by atoms with Crippen LogP contribution in [0.25, 0.3) is 10.9 Å². The average molecular weight is 551 g/mol. The Labute approximate surface area is 215 Å². The van der Waals surface area contributed by atoms with E-state index in [2.05, 4.69) is 26.3 Å². The Balaban J connectivity index is 1.48. The van der Waals surface area contributed by atoms with Gasteiger partial charge in [0.1, 0.15) is 17.4 Å². The quantitative estimate of drug-likeness (QED) is 0.284. The van der Waals surface area contributed by atoms with Crippen molar-refractivity contribution in [1.82, 2.24) is 9.66 Å². The average Bonchev–Trinajstić information content (AvgIpc) is 2.87. The SMILES string of the molecule is CC[C@H](C)c1nc2ccc(Br)cc2c(=O)n1N=Cc1ccc(OCC(=O)Nc2cccc(F)c2)cc1. The molecule has 1 amide bonds. The van der Waals surface area contributed by atoms with Gasteiger partial charge in [-0.1, -0.05) is 35.8 Å². The van der Waals surface area contributed by atoms with Gasteiger partial charge in [0.25, 0.3) is 11.5 Å². The summed E-state index contributed by atoms with van der Waals surface area (Å²) >= 11 is 3.41. The Morgan fingerprint density at radius 2 is 1.97 bits per heavy atom. The van der Waals surface area contributed by atoms with Gasteiger partial charge in [-0.25, -0.2) is 9.37 Å². The van der Waals surface area contributed by atoms with Crippen molar-refractivity contribution in [2.75, 3.05) is 11.9 Å². The molecule has 4 rings (SSSR count). The number of benzene rings is 3. The van der Waals surface area contributed by atoms with Crippen LogP contribution < -0.4 is 15.6 Å². The van der Waals surface area contributed by atoms with Crippen LogP contribution in [0.3, 0.4) is 0 Å². The minimum absolute atomic E-state index is 0.0391. The molecule has 1 aromatic heterocycles. The molecule has 0 bridgehead atoms. The number of fused-ring (bicyclic) bond motifs is 1. The Morgan fingerprint density at radius 1 is 1.19 bits per heavy atom. The third-order valence-corrected chi connectivity index (χ3v) is 6.06.